The summed E-state index contributed by atoms with van der Waals surface area (Å²) in [6.07, 6.45) is 0. The Morgan fingerprint density at radius 1 is 1.14 bits per heavy atom. The molecule has 0 saturated heterocycles. The van der Waals surface area contributed by atoms with E-state index in [1.165, 1.54) is 22.9 Å². The predicted octanol–water partition coefficient (Wildman–Crippen LogP) is 3.15. The van der Waals surface area contributed by atoms with Crippen LogP contribution in [0.5, 0.6) is 5.75 Å². The fourth-order valence-electron chi connectivity index (χ4n) is 2.81. The lowest BCUT2D eigenvalue weighted by Crippen LogP contribution is -2.17. The Morgan fingerprint density at radius 2 is 1.83 bits per heavy atom. The van der Waals surface area contributed by atoms with Gasteiger partial charge in [0, 0.05) is 29.1 Å². The van der Waals surface area contributed by atoms with Gasteiger partial charge in [0.15, 0.2) is 5.75 Å². The number of nitro groups is 1. The monoisotopic (exact) mass is 396 g/mol. The number of aromatic nitrogens is 4. The zero-order chi connectivity index (χ0) is 21.1. The number of nitrogens with zero attached hydrogens (tertiary/aromatic N) is 5. The summed E-state index contributed by atoms with van der Waals surface area (Å²) in [6.45, 7) is 7.46. The highest BCUT2D eigenvalue weighted by Gasteiger charge is 2.20. The Bertz CT molecular complexity index is 1070. The Balaban J connectivity index is 1.94. The molecule has 0 aliphatic carbocycles. The molecule has 3 aromatic rings. The summed E-state index contributed by atoms with van der Waals surface area (Å²) in [5, 5.41) is 18.4. The molecular formula is C19H20N6O4. The van der Waals surface area contributed by atoms with Crippen LogP contribution in [-0.4, -0.2) is 37.2 Å². The van der Waals surface area contributed by atoms with E-state index in [4.69, 9.17) is 4.74 Å². The molecule has 0 bridgehead atoms. The summed E-state index contributed by atoms with van der Waals surface area (Å²) >= 11 is 0. The van der Waals surface area contributed by atoms with Crippen molar-refractivity contribution in [1.29, 1.82) is 0 Å². The molecule has 0 aliphatic heterocycles. The molecule has 0 saturated carbocycles. The first-order valence-corrected chi connectivity index (χ1v) is 8.90. The number of rotatable bonds is 6. The van der Waals surface area contributed by atoms with Gasteiger partial charge in [-0.1, -0.05) is 0 Å². The first-order chi connectivity index (χ1) is 13.8. The lowest BCUT2D eigenvalue weighted by molar-refractivity contribution is -0.385. The van der Waals surface area contributed by atoms with E-state index in [9.17, 15) is 14.9 Å². The summed E-state index contributed by atoms with van der Waals surface area (Å²) in [7, 11) is 0. The number of anilines is 1. The first kappa shape index (κ1) is 19.9. The molecule has 2 heterocycles. The molecule has 0 atom stereocenters. The molecule has 10 heteroatoms. The molecular weight excluding hydrogens is 376 g/mol. The summed E-state index contributed by atoms with van der Waals surface area (Å²) < 4.78 is 6.68. The number of benzene rings is 1. The van der Waals surface area contributed by atoms with Crippen LogP contribution in [0.2, 0.25) is 0 Å². The van der Waals surface area contributed by atoms with Crippen molar-refractivity contribution >= 4 is 17.4 Å². The molecule has 0 spiro atoms. The van der Waals surface area contributed by atoms with Gasteiger partial charge >= 0.3 is 5.69 Å². The van der Waals surface area contributed by atoms with Gasteiger partial charge in [0.05, 0.1) is 17.2 Å². The number of carbonyl (C=O) groups is 1. The van der Waals surface area contributed by atoms with Gasteiger partial charge in [-0.25, -0.2) is 9.97 Å². The Labute approximate surface area is 166 Å². The minimum Gasteiger partial charge on any atom is -0.487 e. The number of nitrogens with one attached hydrogen (secondary N) is 1. The summed E-state index contributed by atoms with van der Waals surface area (Å²) in [5.41, 5.74) is 2.02. The van der Waals surface area contributed by atoms with Crippen LogP contribution in [0.1, 0.15) is 34.4 Å². The molecule has 1 N–H and O–H groups in total. The SMILES string of the molecule is CCOc1ccc(C(=O)Nc2cc(C)nn2-c2nc(C)cc(C)n2)cc1[N+](=O)[O-]. The highest BCUT2D eigenvalue weighted by Crippen LogP contribution is 2.28. The van der Waals surface area contributed by atoms with Crippen LogP contribution < -0.4 is 10.1 Å². The van der Waals surface area contributed by atoms with Gasteiger partial charge in [-0.3, -0.25) is 14.9 Å². The number of amides is 1. The number of hydrogen-bond acceptors (Lipinski definition) is 7. The number of nitro benzene ring substituents is 1. The summed E-state index contributed by atoms with van der Waals surface area (Å²) in [6, 6.07) is 7.56. The molecule has 0 aliphatic rings. The van der Waals surface area contributed by atoms with Crippen LogP contribution in [0.15, 0.2) is 30.3 Å². The second kappa shape index (κ2) is 8.05. The lowest BCUT2D eigenvalue weighted by Gasteiger charge is -2.10. The molecule has 1 aromatic carbocycles. The molecule has 10 nitrogen and oxygen atoms in total. The predicted molar refractivity (Wildman–Crippen MR) is 106 cm³/mol. The third-order valence-corrected chi connectivity index (χ3v) is 3.95. The average Bonchev–Trinajstić information content (AvgIpc) is 3.01. The zero-order valence-electron chi connectivity index (χ0n) is 16.5. The maximum absolute atomic E-state index is 12.7. The fraction of sp³-hybridized carbons (Fsp3) is 0.263. The molecule has 3 rings (SSSR count). The van der Waals surface area contributed by atoms with E-state index in [0.29, 0.717) is 17.5 Å². The Hall–Kier alpha value is -3.82. The van der Waals surface area contributed by atoms with Crippen molar-refractivity contribution in [2.45, 2.75) is 27.7 Å². The first-order valence-electron chi connectivity index (χ1n) is 8.90. The number of ether oxygens (including phenoxy) is 1. The van der Waals surface area contributed by atoms with Crippen LogP contribution in [0.4, 0.5) is 11.5 Å². The van der Waals surface area contributed by atoms with Crippen LogP contribution in [-0.2, 0) is 0 Å². The largest absolute Gasteiger partial charge is 0.487 e. The van der Waals surface area contributed by atoms with Crippen molar-refractivity contribution in [2.75, 3.05) is 11.9 Å². The van der Waals surface area contributed by atoms with Gasteiger partial charge in [0.2, 0.25) is 0 Å². The van der Waals surface area contributed by atoms with Crippen molar-refractivity contribution in [2.24, 2.45) is 0 Å². The second-order valence-corrected chi connectivity index (χ2v) is 6.36. The van der Waals surface area contributed by atoms with E-state index in [-0.39, 0.29) is 23.6 Å². The van der Waals surface area contributed by atoms with E-state index >= 15 is 0 Å². The minimum atomic E-state index is -0.584. The molecule has 1 amide bonds. The normalized spacial score (nSPS) is 10.6. The van der Waals surface area contributed by atoms with Crippen LogP contribution in [0, 0.1) is 30.9 Å². The molecule has 0 unspecified atom stereocenters. The third kappa shape index (κ3) is 4.37. The molecule has 0 fully saturated rings. The molecule has 29 heavy (non-hydrogen) atoms. The summed E-state index contributed by atoms with van der Waals surface area (Å²) in [4.78, 5) is 32.2. The average molecular weight is 396 g/mol. The van der Waals surface area contributed by atoms with Crippen LogP contribution in [0.25, 0.3) is 5.95 Å². The molecule has 0 radical (unpaired) electrons. The maximum atomic E-state index is 12.7. The van der Waals surface area contributed by atoms with Crippen molar-refractivity contribution in [1.82, 2.24) is 19.7 Å². The highest BCUT2D eigenvalue weighted by atomic mass is 16.6. The van der Waals surface area contributed by atoms with Crippen LogP contribution in [0.3, 0.4) is 0 Å². The van der Waals surface area contributed by atoms with Gasteiger partial charge in [0.1, 0.15) is 5.82 Å². The Morgan fingerprint density at radius 3 is 2.45 bits per heavy atom. The van der Waals surface area contributed by atoms with Crippen molar-refractivity contribution in [3.05, 3.63) is 63.1 Å². The van der Waals surface area contributed by atoms with Gasteiger partial charge in [-0.15, -0.1) is 0 Å². The number of aryl methyl sites for hydroxylation is 3. The highest BCUT2D eigenvalue weighted by molar-refractivity contribution is 6.04. The van der Waals surface area contributed by atoms with Gasteiger partial charge < -0.3 is 10.1 Å². The third-order valence-electron chi connectivity index (χ3n) is 3.95. The van der Waals surface area contributed by atoms with Crippen molar-refractivity contribution < 1.29 is 14.5 Å². The van der Waals surface area contributed by atoms with Gasteiger partial charge in [-0.05, 0) is 45.9 Å². The van der Waals surface area contributed by atoms with E-state index in [2.05, 4.69) is 20.4 Å². The van der Waals surface area contributed by atoms with Gasteiger partial charge in [0.25, 0.3) is 11.9 Å². The van der Waals surface area contributed by atoms with Crippen molar-refractivity contribution in [3.8, 4) is 11.7 Å². The second-order valence-electron chi connectivity index (χ2n) is 6.36. The fourth-order valence-corrected chi connectivity index (χ4v) is 2.81. The molecule has 150 valence electrons. The van der Waals surface area contributed by atoms with E-state index in [0.717, 1.165) is 11.4 Å². The van der Waals surface area contributed by atoms with E-state index in [1.54, 1.807) is 19.9 Å². The number of hydrogen-bond donors (Lipinski definition) is 1. The zero-order valence-corrected chi connectivity index (χ0v) is 16.5. The topological polar surface area (TPSA) is 125 Å². The van der Waals surface area contributed by atoms with E-state index in [1.807, 2.05) is 19.9 Å². The van der Waals surface area contributed by atoms with Crippen LogP contribution >= 0.6 is 0 Å². The lowest BCUT2D eigenvalue weighted by atomic mass is 10.1. The quantitative estimate of drug-likeness (QED) is 0.501. The maximum Gasteiger partial charge on any atom is 0.311 e. The van der Waals surface area contributed by atoms with Gasteiger partial charge in [-0.2, -0.15) is 9.78 Å². The smallest absolute Gasteiger partial charge is 0.311 e. The van der Waals surface area contributed by atoms with Crippen molar-refractivity contribution in [3.63, 3.8) is 0 Å². The molecule has 2 aromatic heterocycles. The standard InChI is InChI=1S/C19H20N6O4/c1-5-29-16-7-6-14(10-15(16)25(27)28)18(26)22-17-9-13(4)23-24(17)19-20-11(2)8-12(3)21-19/h6-10H,5H2,1-4H3,(H,22,26). The minimum absolute atomic E-state index is 0.110. The number of carbonyl (C=O) groups excluding carboxylic acids is 1. The Kier molecular flexibility index (Phi) is 5.53. The van der Waals surface area contributed by atoms with E-state index < -0.39 is 10.8 Å². The summed E-state index contributed by atoms with van der Waals surface area (Å²) in [5.74, 6) is 0.262.